The molecule has 1 aliphatic rings. The summed E-state index contributed by atoms with van der Waals surface area (Å²) in [6, 6.07) is 20.7. The molecule has 4 nitrogen and oxygen atoms in total. The third kappa shape index (κ3) is 4.28. The summed E-state index contributed by atoms with van der Waals surface area (Å²) in [5, 5.41) is 0. The van der Waals surface area contributed by atoms with Gasteiger partial charge in [0.2, 0.25) is 0 Å². The first-order valence-electron chi connectivity index (χ1n) is 10.3. The molecule has 0 aliphatic heterocycles. The van der Waals surface area contributed by atoms with Gasteiger partial charge in [-0.3, -0.25) is 4.79 Å². The van der Waals surface area contributed by atoms with Gasteiger partial charge in [0.1, 0.15) is 5.75 Å². The number of hydrogen-bond donors (Lipinski definition) is 0. The number of Topliss-reactive ketones (excluding diaryl/α,β-unsaturated/α-hetero) is 1. The molecule has 0 N–H and O–H groups in total. The van der Waals surface area contributed by atoms with Crippen LogP contribution in [0.2, 0.25) is 0 Å². The third-order valence-electron chi connectivity index (χ3n) is 5.31. The molecule has 30 heavy (non-hydrogen) atoms. The van der Waals surface area contributed by atoms with Crippen molar-refractivity contribution in [2.24, 2.45) is 0 Å². The Morgan fingerprint density at radius 1 is 0.867 bits per heavy atom. The molecule has 0 spiro atoms. The summed E-state index contributed by atoms with van der Waals surface area (Å²) in [7, 11) is 0. The number of esters is 1. The van der Waals surface area contributed by atoms with Crippen LogP contribution < -0.4 is 4.74 Å². The topological polar surface area (TPSA) is 52.6 Å². The maximum Gasteiger partial charge on any atom is 0.338 e. The molecule has 4 rings (SSSR count). The van der Waals surface area contributed by atoms with E-state index in [2.05, 4.69) is 19.1 Å². The van der Waals surface area contributed by atoms with E-state index in [1.54, 1.807) is 24.3 Å². The molecular weight excluding hydrogens is 376 g/mol. The van der Waals surface area contributed by atoms with E-state index in [0.717, 1.165) is 30.6 Å². The number of benzene rings is 3. The minimum absolute atomic E-state index is 0.213. The highest BCUT2D eigenvalue weighted by Crippen LogP contribution is 2.36. The number of hydrogen-bond acceptors (Lipinski definition) is 4. The molecule has 0 fully saturated rings. The fraction of sp³-hybridized carbons (Fsp3) is 0.231. The Hall–Kier alpha value is -3.40. The van der Waals surface area contributed by atoms with Crippen molar-refractivity contribution in [3.8, 4) is 16.9 Å². The SMILES string of the molecule is CCCCOc1ccc(C(=O)OCC(=O)c2ccc3c(c2)-c2ccccc2C3)cc1. The lowest BCUT2D eigenvalue weighted by atomic mass is 10.0. The molecule has 0 radical (unpaired) electrons. The standard InChI is InChI=1S/C26H24O4/c1-2-3-14-29-22-12-10-18(11-13-22)26(28)30-17-25(27)21-9-8-20-15-19-6-4-5-7-23(19)24(20)16-21/h4-13,16H,2-3,14-15,17H2,1H3. The van der Waals surface area contributed by atoms with Gasteiger partial charge in [-0.25, -0.2) is 4.79 Å². The van der Waals surface area contributed by atoms with E-state index in [4.69, 9.17) is 9.47 Å². The number of unbranched alkanes of at least 4 members (excludes halogenated alkanes) is 1. The smallest absolute Gasteiger partial charge is 0.338 e. The van der Waals surface area contributed by atoms with E-state index in [1.165, 1.54) is 16.7 Å². The van der Waals surface area contributed by atoms with E-state index >= 15 is 0 Å². The van der Waals surface area contributed by atoms with E-state index in [0.29, 0.717) is 17.7 Å². The van der Waals surface area contributed by atoms with Crippen LogP contribution in [0.3, 0.4) is 0 Å². The fourth-order valence-electron chi connectivity index (χ4n) is 3.62. The summed E-state index contributed by atoms with van der Waals surface area (Å²) in [6.07, 6.45) is 2.93. The van der Waals surface area contributed by atoms with Crippen molar-refractivity contribution in [2.45, 2.75) is 26.2 Å². The number of ether oxygens (including phenoxy) is 2. The molecule has 3 aromatic carbocycles. The van der Waals surface area contributed by atoms with Crippen LogP contribution in [0.25, 0.3) is 11.1 Å². The zero-order valence-corrected chi connectivity index (χ0v) is 17.0. The molecule has 0 bridgehead atoms. The fourth-order valence-corrected chi connectivity index (χ4v) is 3.62. The van der Waals surface area contributed by atoms with Gasteiger partial charge < -0.3 is 9.47 Å². The van der Waals surface area contributed by atoms with Gasteiger partial charge in [0, 0.05) is 5.56 Å². The van der Waals surface area contributed by atoms with Crippen molar-refractivity contribution in [2.75, 3.05) is 13.2 Å². The highest BCUT2D eigenvalue weighted by atomic mass is 16.5. The molecule has 0 saturated heterocycles. The maximum atomic E-state index is 12.6. The number of carbonyl (C=O) groups is 2. The summed E-state index contributed by atoms with van der Waals surface area (Å²) in [6.45, 7) is 2.47. The minimum Gasteiger partial charge on any atom is -0.494 e. The molecule has 1 aliphatic carbocycles. The molecule has 0 atom stereocenters. The van der Waals surface area contributed by atoms with Crippen LogP contribution in [0.4, 0.5) is 0 Å². The molecule has 0 aromatic heterocycles. The van der Waals surface area contributed by atoms with E-state index in [-0.39, 0.29) is 12.4 Å². The second-order valence-electron chi connectivity index (χ2n) is 7.43. The van der Waals surface area contributed by atoms with Crippen LogP contribution in [-0.2, 0) is 11.2 Å². The van der Waals surface area contributed by atoms with Crippen molar-refractivity contribution < 1.29 is 19.1 Å². The highest BCUT2D eigenvalue weighted by Gasteiger charge is 2.20. The molecule has 152 valence electrons. The number of rotatable bonds is 8. The van der Waals surface area contributed by atoms with Gasteiger partial charge in [-0.15, -0.1) is 0 Å². The van der Waals surface area contributed by atoms with Crippen LogP contribution >= 0.6 is 0 Å². The van der Waals surface area contributed by atoms with E-state index in [9.17, 15) is 9.59 Å². The summed E-state index contributed by atoms with van der Waals surface area (Å²) in [5.41, 5.74) is 5.69. The van der Waals surface area contributed by atoms with Gasteiger partial charge in [0.25, 0.3) is 0 Å². The Morgan fingerprint density at radius 2 is 1.60 bits per heavy atom. The largest absolute Gasteiger partial charge is 0.494 e. The zero-order chi connectivity index (χ0) is 20.9. The van der Waals surface area contributed by atoms with Crippen LogP contribution in [-0.4, -0.2) is 25.0 Å². The Bertz CT molecular complexity index is 1070. The quantitative estimate of drug-likeness (QED) is 0.223. The van der Waals surface area contributed by atoms with Crippen LogP contribution in [0.1, 0.15) is 51.6 Å². The van der Waals surface area contributed by atoms with Crippen molar-refractivity contribution >= 4 is 11.8 Å². The highest BCUT2D eigenvalue weighted by molar-refractivity contribution is 6.00. The van der Waals surface area contributed by atoms with E-state index in [1.807, 2.05) is 30.3 Å². The molecule has 3 aromatic rings. The average Bonchev–Trinajstić information content (AvgIpc) is 3.16. The first-order valence-corrected chi connectivity index (χ1v) is 10.3. The van der Waals surface area contributed by atoms with Gasteiger partial charge >= 0.3 is 5.97 Å². The Morgan fingerprint density at radius 3 is 2.40 bits per heavy atom. The number of ketones is 1. The molecule has 0 heterocycles. The Labute approximate surface area is 176 Å². The van der Waals surface area contributed by atoms with Gasteiger partial charge in [0.15, 0.2) is 12.4 Å². The summed E-state index contributed by atoms with van der Waals surface area (Å²) in [4.78, 5) is 24.9. The third-order valence-corrected chi connectivity index (χ3v) is 5.31. The lowest BCUT2D eigenvalue weighted by molar-refractivity contribution is 0.0474. The number of fused-ring (bicyclic) bond motifs is 3. The van der Waals surface area contributed by atoms with Crippen molar-refractivity contribution in [1.82, 2.24) is 0 Å². The molecule has 0 saturated carbocycles. The van der Waals surface area contributed by atoms with Crippen molar-refractivity contribution in [3.05, 3.63) is 89.0 Å². The lowest BCUT2D eigenvalue weighted by Crippen LogP contribution is -2.14. The van der Waals surface area contributed by atoms with Gasteiger partial charge in [0.05, 0.1) is 12.2 Å². The van der Waals surface area contributed by atoms with Crippen LogP contribution in [0.15, 0.2) is 66.7 Å². The van der Waals surface area contributed by atoms with Gasteiger partial charge in [-0.2, -0.15) is 0 Å². The van der Waals surface area contributed by atoms with Crippen LogP contribution in [0, 0.1) is 0 Å². The zero-order valence-electron chi connectivity index (χ0n) is 17.0. The lowest BCUT2D eigenvalue weighted by Gasteiger charge is -2.08. The Kier molecular flexibility index (Phi) is 5.94. The summed E-state index contributed by atoms with van der Waals surface area (Å²) in [5.74, 6) is -0.0143. The monoisotopic (exact) mass is 400 g/mol. The second-order valence-corrected chi connectivity index (χ2v) is 7.43. The first kappa shape index (κ1) is 19.9. The predicted molar refractivity (Wildman–Crippen MR) is 116 cm³/mol. The van der Waals surface area contributed by atoms with Gasteiger partial charge in [-0.1, -0.05) is 49.7 Å². The molecule has 0 amide bonds. The number of carbonyl (C=O) groups excluding carboxylic acids is 2. The maximum absolute atomic E-state index is 12.6. The summed E-state index contributed by atoms with van der Waals surface area (Å²) >= 11 is 0. The van der Waals surface area contributed by atoms with Crippen molar-refractivity contribution in [3.63, 3.8) is 0 Å². The minimum atomic E-state index is -0.519. The van der Waals surface area contributed by atoms with E-state index < -0.39 is 5.97 Å². The van der Waals surface area contributed by atoms with Crippen LogP contribution in [0.5, 0.6) is 5.75 Å². The normalized spacial score (nSPS) is 11.5. The molecule has 0 unspecified atom stereocenters. The second kappa shape index (κ2) is 8.95. The van der Waals surface area contributed by atoms with Crippen molar-refractivity contribution in [1.29, 1.82) is 0 Å². The molecular formula is C26H24O4. The average molecular weight is 400 g/mol. The first-order chi connectivity index (χ1) is 14.7. The summed E-state index contributed by atoms with van der Waals surface area (Å²) < 4.78 is 10.8. The predicted octanol–water partition coefficient (Wildman–Crippen LogP) is 5.48. The Balaban J connectivity index is 1.37. The van der Waals surface area contributed by atoms with Gasteiger partial charge in [-0.05, 0) is 65.4 Å². The molecule has 4 heteroatoms.